The Balaban J connectivity index is 3.17. The molecule has 0 aromatic rings. The molecule has 0 saturated heterocycles. The highest BCUT2D eigenvalue weighted by Crippen LogP contribution is 2.06. The molecular formula is C10H21NO2S. The number of hydrogen-bond acceptors (Lipinski definition) is 4. The minimum absolute atomic E-state index is 0.130. The van der Waals surface area contributed by atoms with Crippen molar-refractivity contribution in [2.75, 3.05) is 25.2 Å². The third-order valence-corrected chi connectivity index (χ3v) is 2.94. The quantitative estimate of drug-likeness (QED) is 0.498. The number of carbonyl (C=O) groups is 1. The first-order chi connectivity index (χ1) is 6.70. The summed E-state index contributed by atoms with van der Waals surface area (Å²) in [5.41, 5.74) is 0. The summed E-state index contributed by atoms with van der Waals surface area (Å²) in [6.45, 7) is 5.33. The molecule has 0 fully saturated rings. The third kappa shape index (κ3) is 8.38. The molecule has 0 radical (unpaired) electrons. The van der Waals surface area contributed by atoms with Crippen molar-refractivity contribution in [3.05, 3.63) is 0 Å². The first kappa shape index (κ1) is 13.8. The van der Waals surface area contributed by atoms with E-state index < -0.39 is 0 Å². The van der Waals surface area contributed by atoms with Gasteiger partial charge in [0, 0.05) is 6.04 Å². The zero-order valence-electron chi connectivity index (χ0n) is 9.34. The summed E-state index contributed by atoms with van der Waals surface area (Å²) in [7, 11) is 1.43. The number of ether oxygens (including phenoxy) is 1. The van der Waals surface area contributed by atoms with Gasteiger partial charge in [0.05, 0.1) is 12.9 Å². The Labute approximate surface area is 91.0 Å². The zero-order chi connectivity index (χ0) is 10.8. The van der Waals surface area contributed by atoms with Crippen molar-refractivity contribution in [3.63, 3.8) is 0 Å². The summed E-state index contributed by atoms with van der Waals surface area (Å²) in [6.07, 6.45) is 2.32. The lowest BCUT2D eigenvalue weighted by atomic mass is 10.2. The lowest BCUT2D eigenvalue weighted by molar-refractivity contribution is -0.137. The van der Waals surface area contributed by atoms with Crippen LogP contribution in [0.1, 0.15) is 26.7 Å². The molecule has 0 aliphatic rings. The van der Waals surface area contributed by atoms with Gasteiger partial charge >= 0.3 is 5.97 Å². The van der Waals surface area contributed by atoms with E-state index in [0.29, 0.717) is 11.8 Å². The van der Waals surface area contributed by atoms with Crippen molar-refractivity contribution in [2.24, 2.45) is 0 Å². The SMILES string of the molecule is CCNC(C)CCCSCC(=O)OC. The molecule has 0 amide bonds. The van der Waals surface area contributed by atoms with Crippen LogP contribution in [-0.4, -0.2) is 37.2 Å². The predicted molar refractivity (Wildman–Crippen MR) is 61.7 cm³/mol. The maximum atomic E-state index is 10.8. The van der Waals surface area contributed by atoms with Gasteiger partial charge in [-0.2, -0.15) is 11.8 Å². The molecule has 0 rings (SSSR count). The van der Waals surface area contributed by atoms with Crippen LogP contribution in [0.3, 0.4) is 0 Å². The van der Waals surface area contributed by atoms with E-state index in [2.05, 4.69) is 23.9 Å². The van der Waals surface area contributed by atoms with Crippen molar-refractivity contribution in [2.45, 2.75) is 32.7 Å². The van der Waals surface area contributed by atoms with Gasteiger partial charge in [0.15, 0.2) is 0 Å². The Morgan fingerprint density at radius 3 is 2.86 bits per heavy atom. The number of methoxy groups -OCH3 is 1. The maximum Gasteiger partial charge on any atom is 0.315 e. The van der Waals surface area contributed by atoms with E-state index in [1.54, 1.807) is 11.8 Å². The number of rotatable bonds is 8. The molecule has 0 spiro atoms. The van der Waals surface area contributed by atoms with Gasteiger partial charge in [-0.25, -0.2) is 0 Å². The molecule has 3 nitrogen and oxygen atoms in total. The van der Waals surface area contributed by atoms with E-state index in [9.17, 15) is 4.79 Å². The summed E-state index contributed by atoms with van der Waals surface area (Å²) in [4.78, 5) is 10.8. The van der Waals surface area contributed by atoms with E-state index in [1.807, 2.05) is 0 Å². The Kier molecular flexibility index (Phi) is 9.19. The molecule has 1 N–H and O–H groups in total. The average molecular weight is 219 g/mol. The first-order valence-electron chi connectivity index (χ1n) is 5.08. The normalized spacial score (nSPS) is 12.5. The number of esters is 1. The van der Waals surface area contributed by atoms with Gasteiger partial charge in [-0.3, -0.25) is 4.79 Å². The van der Waals surface area contributed by atoms with Crippen molar-refractivity contribution < 1.29 is 9.53 Å². The first-order valence-corrected chi connectivity index (χ1v) is 6.24. The van der Waals surface area contributed by atoms with Crippen molar-refractivity contribution in [1.29, 1.82) is 0 Å². The van der Waals surface area contributed by atoms with Crippen LogP contribution >= 0.6 is 11.8 Å². The van der Waals surface area contributed by atoms with Gasteiger partial charge in [0.2, 0.25) is 0 Å². The number of hydrogen-bond donors (Lipinski definition) is 1. The molecule has 0 aromatic heterocycles. The van der Waals surface area contributed by atoms with Gasteiger partial charge in [-0.15, -0.1) is 0 Å². The minimum Gasteiger partial charge on any atom is -0.468 e. The standard InChI is InChI=1S/C10H21NO2S/c1-4-11-9(2)6-5-7-14-8-10(12)13-3/h9,11H,4-8H2,1-3H3. The zero-order valence-corrected chi connectivity index (χ0v) is 10.2. The van der Waals surface area contributed by atoms with Crippen LogP contribution in [0.15, 0.2) is 0 Å². The predicted octanol–water partition coefficient (Wildman–Crippen LogP) is 1.67. The molecule has 0 bridgehead atoms. The highest BCUT2D eigenvalue weighted by Gasteiger charge is 2.01. The molecule has 84 valence electrons. The fourth-order valence-corrected chi connectivity index (χ4v) is 1.96. The molecule has 4 heteroatoms. The second kappa shape index (κ2) is 9.34. The molecule has 0 aliphatic heterocycles. The van der Waals surface area contributed by atoms with Gasteiger partial charge in [0.1, 0.15) is 0 Å². The molecule has 0 saturated carbocycles. The number of carbonyl (C=O) groups excluding carboxylic acids is 1. The van der Waals surface area contributed by atoms with Crippen LogP contribution in [0, 0.1) is 0 Å². The third-order valence-electron chi connectivity index (χ3n) is 1.93. The summed E-state index contributed by atoms with van der Waals surface area (Å²) in [6, 6.07) is 0.582. The van der Waals surface area contributed by atoms with Crippen molar-refractivity contribution in [3.8, 4) is 0 Å². The molecule has 0 heterocycles. The maximum absolute atomic E-state index is 10.8. The Morgan fingerprint density at radius 2 is 2.29 bits per heavy atom. The summed E-state index contributed by atoms with van der Waals surface area (Å²) in [5, 5.41) is 3.36. The molecule has 0 aliphatic carbocycles. The van der Waals surface area contributed by atoms with Gasteiger partial charge in [-0.05, 0) is 32.1 Å². The Bertz CT molecular complexity index is 153. The second-order valence-corrected chi connectivity index (χ2v) is 4.33. The molecule has 1 unspecified atom stereocenters. The topological polar surface area (TPSA) is 38.3 Å². The minimum atomic E-state index is -0.130. The van der Waals surface area contributed by atoms with Crippen molar-refractivity contribution >= 4 is 17.7 Å². The van der Waals surface area contributed by atoms with E-state index >= 15 is 0 Å². The summed E-state index contributed by atoms with van der Waals surface area (Å²) in [5.74, 6) is 1.38. The molecular weight excluding hydrogens is 198 g/mol. The molecule has 14 heavy (non-hydrogen) atoms. The van der Waals surface area contributed by atoms with Crippen LogP contribution < -0.4 is 5.32 Å². The van der Waals surface area contributed by atoms with E-state index in [0.717, 1.165) is 18.7 Å². The van der Waals surface area contributed by atoms with Crippen LogP contribution in [0.2, 0.25) is 0 Å². The van der Waals surface area contributed by atoms with Crippen LogP contribution in [0.5, 0.6) is 0 Å². The van der Waals surface area contributed by atoms with E-state index in [1.165, 1.54) is 13.5 Å². The van der Waals surface area contributed by atoms with Crippen molar-refractivity contribution in [1.82, 2.24) is 5.32 Å². The fourth-order valence-electron chi connectivity index (χ4n) is 1.16. The van der Waals surface area contributed by atoms with E-state index in [4.69, 9.17) is 0 Å². The summed E-state index contributed by atoms with van der Waals surface area (Å²) >= 11 is 1.64. The molecule has 1 atom stereocenters. The fraction of sp³-hybridized carbons (Fsp3) is 0.900. The summed E-state index contributed by atoms with van der Waals surface area (Å²) < 4.78 is 4.54. The Hall–Kier alpha value is -0.220. The van der Waals surface area contributed by atoms with Gasteiger partial charge in [-0.1, -0.05) is 6.92 Å². The lowest BCUT2D eigenvalue weighted by Gasteiger charge is -2.11. The van der Waals surface area contributed by atoms with E-state index in [-0.39, 0.29) is 5.97 Å². The largest absolute Gasteiger partial charge is 0.468 e. The average Bonchev–Trinajstić information content (AvgIpc) is 2.17. The van der Waals surface area contributed by atoms with Crippen LogP contribution in [0.25, 0.3) is 0 Å². The highest BCUT2D eigenvalue weighted by atomic mass is 32.2. The molecule has 0 aromatic carbocycles. The lowest BCUT2D eigenvalue weighted by Crippen LogP contribution is -2.25. The number of nitrogens with one attached hydrogen (secondary N) is 1. The highest BCUT2D eigenvalue weighted by molar-refractivity contribution is 7.99. The monoisotopic (exact) mass is 219 g/mol. The number of thioether (sulfide) groups is 1. The second-order valence-electron chi connectivity index (χ2n) is 3.23. The van der Waals surface area contributed by atoms with Gasteiger partial charge < -0.3 is 10.1 Å². The van der Waals surface area contributed by atoms with Gasteiger partial charge in [0.25, 0.3) is 0 Å². The smallest absolute Gasteiger partial charge is 0.315 e. The van der Waals surface area contributed by atoms with Crippen LogP contribution in [-0.2, 0) is 9.53 Å². The Morgan fingerprint density at radius 1 is 1.57 bits per heavy atom. The van der Waals surface area contributed by atoms with Crippen LogP contribution in [0.4, 0.5) is 0 Å².